The third-order valence-corrected chi connectivity index (χ3v) is 7.09. The van der Waals surface area contributed by atoms with Crippen LogP contribution < -0.4 is 10.6 Å². The van der Waals surface area contributed by atoms with Crippen LogP contribution in [0.5, 0.6) is 0 Å². The standard InChI is InChI=1S/C19H30N2O3S/c1-15(2)14-25(23,24)18(17-9-6-11-20-17)13-19(22)21-12-10-16-7-4-3-5-8-16/h3-5,7-8,15,17-18,20H,6,9-14H2,1-2H3,(H,21,22). The highest BCUT2D eigenvalue weighted by Gasteiger charge is 2.36. The average Bonchev–Trinajstić information content (AvgIpc) is 3.06. The van der Waals surface area contributed by atoms with Gasteiger partial charge in [-0.3, -0.25) is 4.79 Å². The van der Waals surface area contributed by atoms with Crippen LogP contribution >= 0.6 is 0 Å². The molecule has 1 heterocycles. The van der Waals surface area contributed by atoms with Gasteiger partial charge in [0, 0.05) is 19.0 Å². The van der Waals surface area contributed by atoms with Crippen molar-refractivity contribution >= 4 is 15.7 Å². The number of nitrogens with one attached hydrogen (secondary N) is 2. The van der Waals surface area contributed by atoms with Crippen molar-refractivity contribution in [3.63, 3.8) is 0 Å². The Labute approximate surface area is 151 Å². The Kier molecular flexibility index (Phi) is 7.44. The molecule has 2 atom stereocenters. The molecule has 1 aliphatic rings. The molecule has 0 spiro atoms. The van der Waals surface area contributed by atoms with E-state index in [-0.39, 0.29) is 30.0 Å². The number of carbonyl (C=O) groups excluding carboxylic acids is 1. The Morgan fingerprint density at radius 1 is 1.28 bits per heavy atom. The molecule has 1 saturated heterocycles. The Morgan fingerprint density at radius 3 is 2.60 bits per heavy atom. The maximum atomic E-state index is 12.7. The molecule has 25 heavy (non-hydrogen) atoms. The monoisotopic (exact) mass is 366 g/mol. The van der Waals surface area contributed by atoms with Gasteiger partial charge in [0.2, 0.25) is 5.91 Å². The number of hydrogen-bond donors (Lipinski definition) is 2. The van der Waals surface area contributed by atoms with Crippen molar-refractivity contribution in [2.75, 3.05) is 18.8 Å². The number of rotatable bonds is 9. The Bertz CT molecular complexity index is 638. The Balaban J connectivity index is 1.92. The van der Waals surface area contributed by atoms with Gasteiger partial charge < -0.3 is 10.6 Å². The van der Waals surface area contributed by atoms with Crippen molar-refractivity contribution in [3.05, 3.63) is 35.9 Å². The summed E-state index contributed by atoms with van der Waals surface area (Å²) in [5, 5.41) is 5.51. The number of sulfone groups is 1. The van der Waals surface area contributed by atoms with Gasteiger partial charge in [0.25, 0.3) is 0 Å². The molecule has 6 heteroatoms. The maximum Gasteiger partial charge on any atom is 0.221 e. The highest BCUT2D eigenvalue weighted by Crippen LogP contribution is 2.21. The van der Waals surface area contributed by atoms with Crippen LogP contribution in [0.1, 0.15) is 38.7 Å². The molecule has 1 aromatic rings. The lowest BCUT2D eigenvalue weighted by Gasteiger charge is -2.24. The van der Waals surface area contributed by atoms with Crippen LogP contribution in [0.2, 0.25) is 0 Å². The zero-order chi connectivity index (χ0) is 18.3. The largest absolute Gasteiger partial charge is 0.356 e. The summed E-state index contributed by atoms with van der Waals surface area (Å²) in [6.45, 7) is 5.15. The van der Waals surface area contributed by atoms with E-state index in [4.69, 9.17) is 0 Å². The van der Waals surface area contributed by atoms with Gasteiger partial charge in [-0.25, -0.2) is 8.42 Å². The number of carbonyl (C=O) groups is 1. The Hall–Kier alpha value is -1.40. The van der Waals surface area contributed by atoms with Gasteiger partial charge in [0.05, 0.1) is 11.0 Å². The van der Waals surface area contributed by atoms with Crippen LogP contribution in [0, 0.1) is 5.92 Å². The molecule has 2 rings (SSSR count). The van der Waals surface area contributed by atoms with Crippen LogP contribution in [0.4, 0.5) is 0 Å². The van der Waals surface area contributed by atoms with Crippen LogP contribution in [-0.4, -0.2) is 44.5 Å². The van der Waals surface area contributed by atoms with Gasteiger partial charge in [-0.05, 0) is 37.3 Å². The molecule has 0 radical (unpaired) electrons. The molecule has 1 amide bonds. The van der Waals surface area contributed by atoms with Gasteiger partial charge in [-0.1, -0.05) is 44.2 Å². The molecule has 0 bridgehead atoms. The van der Waals surface area contributed by atoms with Gasteiger partial charge in [-0.15, -0.1) is 0 Å². The van der Waals surface area contributed by atoms with Crippen molar-refractivity contribution in [2.45, 2.75) is 50.8 Å². The van der Waals surface area contributed by atoms with E-state index in [0.29, 0.717) is 6.54 Å². The quantitative estimate of drug-likeness (QED) is 0.700. The summed E-state index contributed by atoms with van der Waals surface area (Å²) in [6, 6.07) is 9.83. The molecule has 140 valence electrons. The fourth-order valence-electron chi connectivity index (χ4n) is 3.38. The zero-order valence-corrected chi connectivity index (χ0v) is 16.0. The normalized spacial score (nSPS) is 19.1. The lowest BCUT2D eigenvalue weighted by atomic mass is 10.1. The zero-order valence-electron chi connectivity index (χ0n) is 15.2. The minimum absolute atomic E-state index is 0.0432. The average molecular weight is 367 g/mol. The smallest absolute Gasteiger partial charge is 0.221 e. The van der Waals surface area contributed by atoms with Crippen LogP contribution in [0.15, 0.2) is 30.3 Å². The lowest BCUT2D eigenvalue weighted by molar-refractivity contribution is -0.121. The highest BCUT2D eigenvalue weighted by atomic mass is 32.2. The molecule has 0 aliphatic carbocycles. The topological polar surface area (TPSA) is 75.3 Å². The van der Waals surface area contributed by atoms with Crippen molar-refractivity contribution in [3.8, 4) is 0 Å². The van der Waals surface area contributed by atoms with Crippen LogP contribution in [-0.2, 0) is 21.1 Å². The molecular formula is C19H30N2O3S. The van der Waals surface area contributed by atoms with Gasteiger partial charge in [0.15, 0.2) is 9.84 Å². The van der Waals surface area contributed by atoms with E-state index in [2.05, 4.69) is 10.6 Å². The molecule has 2 unspecified atom stereocenters. The Morgan fingerprint density at radius 2 is 2.00 bits per heavy atom. The van der Waals surface area contributed by atoms with Gasteiger partial charge in [0.1, 0.15) is 0 Å². The number of benzene rings is 1. The molecule has 0 saturated carbocycles. The van der Waals surface area contributed by atoms with Crippen molar-refractivity contribution in [2.24, 2.45) is 5.92 Å². The summed E-state index contributed by atoms with van der Waals surface area (Å²) in [4.78, 5) is 12.3. The fraction of sp³-hybridized carbons (Fsp3) is 0.632. The van der Waals surface area contributed by atoms with Crippen molar-refractivity contribution < 1.29 is 13.2 Å². The third kappa shape index (κ3) is 6.44. The second-order valence-electron chi connectivity index (χ2n) is 7.25. The number of hydrogen-bond acceptors (Lipinski definition) is 4. The number of amides is 1. The summed E-state index contributed by atoms with van der Waals surface area (Å²) in [6.07, 6.45) is 2.58. The van der Waals surface area contributed by atoms with E-state index in [1.165, 1.54) is 0 Å². The first-order valence-electron chi connectivity index (χ1n) is 9.14. The highest BCUT2D eigenvalue weighted by molar-refractivity contribution is 7.92. The first-order valence-corrected chi connectivity index (χ1v) is 10.9. The minimum Gasteiger partial charge on any atom is -0.356 e. The predicted molar refractivity (Wildman–Crippen MR) is 101 cm³/mol. The van der Waals surface area contributed by atoms with Gasteiger partial charge in [-0.2, -0.15) is 0 Å². The maximum absolute atomic E-state index is 12.7. The van der Waals surface area contributed by atoms with E-state index in [1.807, 2.05) is 44.2 Å². The molecule has 1 fully saturated rings. The molecule has 1 aliphatic heterocycles. The SMILES string of the molecule is CC(C)CS(=O)(=O)C(CC(=O)NCCc1ccccc1)C1CCCN1. The minimum atomic E-state index is -3.30. The van der Waals surface area contributed by atoms with Crippen LogP contribution in [0.25, 0.3) is 0 Å². The van der Waals surface area contributed by atoms with Crippen molar-refractivity contribution in [1.29, 1.82) is 0 Å². The first kappa shape index (κ1) is 19.9. The van der Waals surface area contributed by atoms with Crippen molar-refractivity contribution in [1.82, 2.24) is 10.6 Å². The molecule has 5 nitrogen and oxygen atoms in total. The molecule has 1 aromatic carbocycles. The third-order valence-electron chi connectivity index (χ3n) is 4.54. The van der Waals surface area contributed by atoms with E-state index < -0.39 is 15.1 Å². The van der Waals surface area contributed by atoms with Crippen LogP contribution in [0.3, 0.4) is 0 Å². The van der Waals surface area contributed by atoms with E-state index in [0.717, 1.165) is 31.4 Å². The summed E-state index contributed by atoms with van der Waals surface area (Å²) in [5.41, 5.74) is 1.16. The molecular weight excluding hydrogens is 336 g/mol. The summed E-state index contributed by atoms with van der Waals surface area (Å²) >= 11 is 0. The summed E-state index contributed by atoms with van der Waals surface area (Å²) in [7, 11) is -3.30. The van der Waals surface area contributed by atoms with Gasteiger partial charge >= 0.3 is 0 Å². The lowest BCUT2D eigenvalue weighted by Crippen LogP contribution is -2.45. The second-order valence-corrected chi connectivity index (χ2v) is 9.52. The predicted octanol–water partition coefficient (Wildman–Crippen LogP) is 1.93. The van der Waals surface area contributed by atoms with E-state index in [9.17, 15) is 13.2 Å². The first-order chi connectivity index (χ1) is 11.9. The summed E-state index contributed by atoms with van der Waals surface area (Å²) < 4.78 is 25.5. The fourth-order valence-corrected chi connectivity index (χ4v) is 5.70. The van der Waals surface area contributed by atoms with E-state index in [1.54, 1.807) is 0 Å². The second kappa shape index (κ2) is 9.34. The molecule has 2 N–H and O–H groups in total. The molecule has 0 aromatic heterocycles. The van der Waals surface area contributed by atoms with E-state index >= 15 is 0 Å². The summed E-state index contributed by atoms with van der Waals surface area (Å²) in [5.74, 6) is 0.0182.